The summed E-state index contributed by atoms with van der Waals surface area (Å²) in [4.78, 5) is 33.9. The minimum Gasteiger partial charge on any atom is -0.366 e. The summed E-state index contributed by atoms with van der Waals surface area (Å²) in [7, 11) is 1.88. The summed E-state index contributed by atoms with van der Waals surface area (Å²) in [6, 6.07) is 14.2. The Kier molecular flexibility index (Phi) is 5.33. The van der Waals surface area contributed by atoms with Crippen molar-refractivity contribution in [3.8, 4) is 11.4 Å². The maximum absolute atomic E-state index is 13.5. The highest BCUT2D eigenvalue weighted by molar-refractivity contribution is 6.02. The normalized spacial score (nSPS) is 15.4. The Morgan fingerprint density at radius 1 is 1.15 bits per heavy atom. The number of aromatic nitrogens is 4. The number of nitrogens with two attached hydrogens (primary N) is 1. The molecule has 0 radical (unpaired) electrons. The van der Waals surface area contributed by atoms with Crippen LogP contribution in [0.1, 0.15) is 44.0 Å². The number of ketones is 1. The van der Waals surface area contributed by atoms with Crippen molar-refractivity contribution in [3.05, 3.63) is 95.6 Å². The highest BCUT2D eigenvalue weighted by Crippen LogP contribution is 2.28. The van der Waals surface area contributed by atoms with Crippen LogP contribution >= 0.6 is 0 Å². The van der Waals surface area contributed by atoms with E-state index >= 15 is 0 Å². The number of hydrogen-bond donors (Lipinski definition) is 3. The topological polar surface area (TPSA) is 120 Å². The molecular formula is C24H23N7O2. The molecule has 1 atom stereocenters. The van der Waals surface area contributed by atoms with Gasteiger partial charge in [-0.3, -0.25) is 19.5 Å². The maximum atomic E-state index is 13.5. The number of hydrogen-bond acceptors (Lipinski definition) is 6. The molecule has 0 saturated carbocycles. The summed E-state index contributed by atoms with van der Waals surface area (Å²) in [6.07, 6.45) is 5.29. The zero-order chi connectivity index (χ0) is 22.9. The molecule has 1 unspecified atom stereocenters. The van der Waals surface area contributed by atoms with Crippen LogP contribution in [0.15, 0.2) is 67.3 Å². The summed E-state index contributed by atoms with van der Waals surface area (Å²) >= 11 is 0. The monoisotopic (exact) mass is 441 g/mol. The Labute approximate surface area is 190 Å². The van der Waals surface area contributed by atoms with Crippen molar-refractivity contribution in [1.82, 2.24) is 29.7 Å². The standard InChI is InChI=1S/C24H23N7O2/c1-26-13-20-27-9-10-30(20)17-7-5-15(6-8-17)21-23(32)22-19(12-28-21)29-14-31(22)18-4-2-3-16(11-18)24(25)33/h2-11,14,21,26,28H,12-13H2,1H3,(H2,25,33). The fraction of sp³-hybridized carbons (Fsp3) is 0.167. The highest BCUT2D eigenvalue weighted by Gasteiger charge is 2.32. The van der Waals surface area contributed by atoms with Gasteiger partial charge in [0.25, 0.3) is 0 Å². The molecule has 9 nitrogen and oxygen atoms in total. The number of Topliss-reactive ketones (excluding diaryl/α,β-unsaturated/α-hetero) is 1. The van der Waals surface area contributed by atoms with E-state index in [1.165, 1.54) is 0 Å². The first-order valence-corrected chi connectivity index (χ1v) is 10.6. The van der Waals surface area contributed by atoms with E-state index in [4.69, 9.17) is 5.73 Å². The minimum absolute atomic E-state index is 0.0792. The van der Waals surface area contributed by atoms with Crippen LogP contribution in [0.5, 0.6) is 0 Å². The third-order valence-corrected chi connectivity index (χ3v) is 5.78. The predicted octanol–water partition coefficient (Wildman–Crippen LogP) is 1.90. The van der Waals surface area contributed by atoms with Crippen molar-refractivity contribution in [2.45, 2.75) is 19.1 Å². The number of carbonyl (C=O) groups excluding carboxylic acids is 2. The van der Waals surface area contributed by atoms with Crippen molar-refractivity contribution < 1.29 is 9.59 Å². The van der Waals surface area contributed by atoms with E-state index in [0.29, 0.717) is 35.7 Å². The Balaban J connectivity index is 1.45. The lowest BCUT2D eigenvalue weighted by Gasteiger charge is -2.24. The molecule has 9 heteroatoms. The molecule has 0 spiro atoms. The molecule has 3 heterocycles. The molecule has 5 rings (SSSR count). The van der Waals surface area contributed by atoms with Crippen LogP contribution < -0.4 is 16.4 Å². The number of amides is 1. The molecule has 2 aromatic carbocycles. The highest BCUT2D eigenvalue weighted by atomic mass is 16.1. The van der Waals surface area contributed by atoms with Crippen molar-refractivity contribution in [1.29, 1.82) is 0 Å². The van der Waals surface area contributed by atoms with Gasteiger partial charge in [0.05, 0.1) is 18.3 Å². The molecule has 33 heavy (non-hydrogen) atoms. The van der Waals surface area contributed by atoms with Gasteiger partial charge in [-0.1, -0.05) is 18.2 Å². The van der Waals surface area contributed by atoms with E-state index in [1.54, 1.807) is 35.3 Å². The van der Waals surface area contributed by atoms with Crippen molar-refractivity contribution in [3.63, 3.8) is 0 Å². The van der Waals surface area contributed by atoms with Gasteiger partial charge < -0.3 is 15.6 Å². The zero-order valence-electron chi connectivity index (χ0n) is 18.0. The number of fused-ring (bicyclic) bond motifs is 1. The van der Waals surface area contributed by atoms with Gasteiger partial charge in [0.1, 0.15) is 17.8 Å². The number of rotatable bonds is 6. The van der Waals surface area contributed by atoms with Crippen molar-refractivity contribution in [2.24, 2.45) is 5.73 Å². The maximum Gasteiger partial charge on any atom is 0.248 e. The van der Waals surface area contributed by atoms with Gasteiger partial charge in [-0.15, -0.1) is 0 Å². The number of carbonyl (C=O) groups is 2. The Bertz CT molecular complexity index is 1340. The first kappa shape index (κ1) is 20.8. The Morgan fingerprint density at radius 2 is 1.97 bits per heavy atom. The molecule has 1 aliphatic rings. The van der Waals surface area contributed by atoms with E-state index in [0.717, 1.165) is 17.1 Å². The number of primary amides is 1. The van der Waals surface area contributed by atoms with Crippen LogP contribution in [-0.4, -0.2) is 37.8 Å². The molecule has 1 aliphatic heterocycles. The van der Waals surface area contributed by atoms with Gasteiger partial charge in [0.2, 0.25) is 11.7 Å². The molecule has 0 aliphatic carbocycles. The lowest BCUT2D eigenvalue weighted by molar-refractivity contribution is 0.0922. The van der Waals surface area contributed by atoms with Gasteiger partial charge in [-0.25, -0.2) is 9.97 Å². The summed E-state index contributed by atoms with van der Waals surface area (Å²) in [5.74, 6) is 0.306. The number of imidazole rings is 2. The average Bonchev–Trinajstić information content (AvgIpc) is 3.47. The third-order valence-electron chi connectivity index (χ3n) is 5.78. The van der Waals surface area contributed by atoms with Gasteiger partial charge in [0.15, 0.2) is 0 Å². The van der Waals surface area contributed by atoms with Crippen LogP contribution in [0, 0.1) is 0 Å². The largest absolute Gasteiger partial charge is 0.366 e. The summed E-state index contributed by atoms with van der Waals surface area (Å²) in [5, 5.41) is 6.41. The van der Waals surface area contributed by atoms with Crippen molar-refractivity contribution in [2.75, 3.05) is 7.05 Å². The summed E-state index contributed by atoms with van der Waals surface area (Å²) in [5.41, 5.74) is 9.48. The average molecular weight is 441 g/mol. The first-order valence-electron chi connectivity index (χ1n) is 10.6. The predicted molar refractivity (Wildman–Crippen MR) is 122 cm³/mol. The molecular weight excluding hydrogens is 418 g/mol. The van der Waals surface area contributed by atoms with E-state index in [-0.39, 0.29) is 5.78 Å². The lowest BCUT2D eigenvalue weighted by atomic mass is 9.96. The number of nitrogens with one attached hydrogen (secondary N) is 2. The van der Waals surface area contributed by atoms with Crippen LogP contribution in [0.2, 0.25) is 0 Å². The molecule has 166 valence electrons. The molecule has 4 aromatic rings. The van der Waals surface area contributed by atoms with E-state index < -0.39 is 11.9 Å². The SMILES string of the molecule is CNCc1nccn1-c1ccc(C2NCc3ncn(-c4cccc(C(N)=O)c4)c3C2=O)cc1. The van der Waals surface area contributed by atoms with Crippen LogP contribution in [0.4, 0.5) is 0 Å². The van der Waals surface area contributed by atoms with E-state index in [2.05, 4.69) is 20.6 Å². The summed E-state index contributed by atoms with van der Waals surface area (Å²) in [6.45, 7) is 1.12. The number of nitrogens with zero attached hydrogens (tertiary/aromatic N) is 4. The van der Waals surface area contributed by atoms with Crippen LogP contribution in [0.25, 0.3) is 11.4 Å². The van der Waals surface area contributed by atoms with Crippen LogP contribution in [-0.2, 0) is 13.1 Å². The fourth-order valence-electron chi connectivity index (χ4n) is 4.16. The van der Waals surface area contributed by atoms with Crippen molar-refractivity contribution >= 4 is 11.7 Å². The van der Waals surface area contributed by atoms with Gasteiger partial charge in [-0.2, -0.15) is 0 Å². The second kappa shape index (κ2) is 8.45. The van der Waals surface area contributed by atoms with Gasteiger partial charge >= 0.3 is 0 Å². The number of benzene rings is 2. The Hall–Kier alpha value is -4.08. The quantitative estimate of drug-likeness (QED) is 0.420. The first-order chi connectivity index (χ1) is 16.1. The molecule has 4 N–H and O–H groups in total. The Morgan fingerprint density at radius 3 is 2.73 bits per heavy atom. The van der Waals surface area contributed by atoms with Gasteiger partial charge in [0, 0.05) is 35.9 Å². The second-order valence-electron chi connectivity index (χ2n) is 7.84. The van der Waals surface area contributed by atoms with Crippen LogP contribution in [0.3, 0.4) is 0 Å². The molecule has 1 amide bonds. The van der Waals surface area contributed by atoms with E-state index in [9.17, 15) is 9.59 Å². The lowest BCUT2D eigenvalue weighted by Crippen LogP contribution is -2.35. The smallest absolute Gasteiger partial charge is 0.248 e. The fourth-order valence-corrected chi connectivity index (χ4v) is 4.16. The molecule has 0 bridgehead atoms. The minimum atomic E-state index is -0.521. The zero-order valence-corrected chi connectivity index (χ0v) is 18.0. The third kappa shape index (κ3) is 3.73. The van der Waals surface area contributed by atoms with Gasteiger partial charge in [-0.05, 0) is 42.9 Å². The second-order valence-corrected chi connectivity index (χ2v) is 7.84. The van der Waals surface area contributed by atoms with E-state index in [1.807, 2.05) is 48.1 Å². The molecule has 2 aromatic heterocycles. The molecule has 0 fully saturated rings. The summed E-state index contributed by atoms with van der Waals surface area (Å²) < 4.78 is 3.73. The molecule has 0 saturated heterocycles.